The third-order valence-electron chi connectivity index (χ3n) is 5.35. The van der Waals surface area contributed by atoms with E-state index in [1.807, 2.05) is 19.1 Å². The molecule has 0 fully saturated rings. The summed E-state index contributed by atoms with van der Waals surface area (Å²) < 4.78 is 52.4. The Bertz CT molecular complexity index is 1050. The van der Waals surface area contributed by atoms with Crippen LogP contribution in [0.15, 0.2) is 36.4 Å². The van der Waals surface area contributed by atoms with E-state index in [0.29, 0.717) is 42.1 Å². The van der Waals surface area contributed by atoms with Gasteiger partial charge in [0.25, 0.3) is 0 Å². The van der Waals surface area contributed by atoms with Crippen molar-refractivity contribution in [3.05, 3.63) is 58.9 Å². The van der Waals surface area contributed by atoms with E-state index in [9.17, 15) is 17.6 Å². The minimum Gasteiger partial charge on any atom is -0.487 e. The Balaban J connectivity index is 1.74. The van der Waals surface area contributed by atoms with Crippen molar-refractivity contribution < 1.29 is 27.1 Å². The summed E-state index contributed by atoms with van der Waals surface area (Å²) in [6.45, 7) is 4.41. The van der Waals surface area contributed by atoms with Gasteiger partial charge in [0.15, 0.2) is 0 Å². The minimum absolute atomic E-state index is 0.0826. The Morgan fingerprint density at radius 2 is 2.00 bits per heavy atom. The number of carbonyl (C=O) groups is 1. The third kappa shape index (κ3) is 5.79. The molecule has 0 bridgehead atoms. The van der Waals surface area contributed by atoms with E-state index >= 15 is 0 Å². The van der Waals surface area contributed by atoms with Crippen molar-refractivity contribution >= 4 is 21.7 Å². The molecule has 2 aromatic carbocycles. The molecule has 32 heavy (non-hydrogen) atoms. The molecule has 0 aromatic heterocycles. The van der Waals surface area contributed by atoms with Gasteiger partial charge in [-0.3, -0.25) is 9.10 Å². The van der Waals surface area contributed by atoms with Crippen LogP contribution in [0.2, 0.25) is 0 Å². The zero-order valence-corrected chi connectivity index (χ0v) is 19.4. The lowest BCUT2D eigenvalue weighted by atomic mass is 10.0. The first kappa shape index (κ1) is 24.0. The Labute approximate surface area is 189 Å². The average molecular weight is 464 g/mol. The first-order chi connectivity index (χ1) is 15.4. The zero-order valence-electron chi connectivity index (χ0n) is 18.6. The van der Waals surface area contributed by atoms with Gasteiger partial charge in [0, 0.05) is 13.0 Å². The third-order valence-corrected chi connectivity index (χ3v) is 7.31. The monoisotopic (exact) mass is 463 g/mol. The highest BCUT2D eigenvalue weighted by Crippen LogP contribution is 2.38. The molecule has 1 aliphatic heterocycles. The molecule has 0 aliphatic carbocycles. The largest absolute Gasteiger partial charge is 0.487 e. The number of halogens is 1. The van der Waals surface area contributed by atoms with Gasteiger partial charge in [-0.05, 0) is 61.4 Å². The zero-order chi connectivity index (χ0) is 23.1. The van der Waals surface area contributed by atoms with Gasteiger partial charge in [0.2, 0.25) is 10.0 Å². The predicted molar refractivity (Wildman–Crippen MR) is 122 cm³/mol. The van der Waals surface area contributed by atoms with Gasteiger partial charge < -0.3 is 9.47 Å². The summed E-state index contributed by atoms with van der Waals surface area (Å²) in [4.78, 5) is 11.5. The molecule has 0 unspecified atom stereocenters. The van der Waals surface area contributed by atoms with Crippen LogP contribution in [-0.4, -0.2) is 33.3 Å². The van der Waals surface area contributed by atoms with Crippen LogP contribution in [0.4, 0.5) is 10.1 Å². The predicted octanol–water partition coefficient (Wildman–Crippen LogP) is 4.39. The number of benzene rings is 2. The molecule has 174 valence electrons. The highest BCUT2D eigenvalue weighted by atomic mass is 32.2. The number of aryl methyl sites for hydroxylation is 2. The summed E-state index contributed by atoms with van der Waals surface area (Å²) in [6, 6.07) is 10.3. The molecule has 0 saturated carbocycles. The molecule has 0 N–H and O–H groups in total. The van der Waals surface area contributed by atoms with E-state index in [4.69, 9.17) is 9.47 Å². The molecule has 2 aromatic rings. The fraction of sp³-hybridized carbons (Fsp3) is 0.458. The highest BCUT2D eigenvalue weighted by molar-refractivity contribution is 7.92. The Hall–Kier alpha value is -2.61. The smallest absolute Gasteiger partial charge is 0.306 e. The summed E-state index contributed by atoms with van der Waals surface area (Å²) in [5.41, 5.74) is 2.60. The number of sulfonamides is 1. The normalized spacial score (nSPS) is 13.5. The molecule has 0 atom stereocenters. The molecule has 6 nitrogen and oxygen atoms in total. The van der Waals surface area contributed by atoms with Gasteiger partial charge in [0.1, 0.15) is 18.2 Å². The van der Waals surface area contributed by atoms with Crippen molar-refractivity contribution in [2.45, 2.75) is 52.6 Å². The molecule has 8 heteroatoms. The van der Waals surface area contributed by atoms with Crippen LogP contribution in [-0.2, 0) is 39.0 Å². The van der Waals surface area contributed by atoms with E-state index in [-0.39, 0.29) is 31.2 Å². The molecule has 3 rings (SSSR count). The van der Waals surface area contributed by atoms with Crippen LogP contribution in [0.25, 0.3) is 0 Å². The SMILES string of the molecule is CCCS(=O)(=O)N1CCCc2cccc(OCc3ccc(CCC(=O)OCC)c(F)c3)c21. The first-order valence-corrected chi connectivity index (χ1v) is 12.6. The number of ether oxygens (including phenoxy) is 2. The van der Waals surface area contributed by atoms with E-state index in [0.717, 1.165) is 18.4 Å². The number of fused-ring (bicyclic) bond motifs is 1. The topological polar surface area (TPSA) is 72.9 Å². The number of nitrogens with zero attached hydrogens (tertiary/aromatic N) is 1. The Kier molecular flexibility index (Phi) is 8.12. The van der Waals surface area contributed by atoms with Crippen molar-refractivity contribution in [3.8, 4) is 5.75 Å². The maximum Gasteiger partial charge on any atom is 0.306 e. The molecule has 0 amide bonds. The summed E-state index contributed by atoms with van der Waals surface area (Å²) in [6.07, 6.45) is 2.48. The van der Waals surface area contributed by atoms with Crippen LogP contribution in [0, 0.1) is 5.82 Å². The van der Waals surface area contributed by atoms with Crippen molar-refractivity contribution in [1.82, 2.24) is 0 Å². The maximum atomic E-state index is 14.5. The highest BCUT2D eigenvalue weighted by Gasteiger charge is 2.29. The fourth-order valence-corrected chi connectivity index (χ4v) is 5.48. The summed E-state index contributed by atoms with van der Waals surface area (Å²) in [5.74, 6) is -0.193. The van der Waals surface area contributed by atoms with Crippen molar-refractivity contribution in [2.75, 3.05) is 23.2 Å². The van der Waals surface area contributed by atoms with Crippen LogP contribution >= 0.6 is 0 Å². The van der Waals surface area contributed by atoms with Gasteiger partial charge in [-0.2, -0.15) is 0 Å². The van der Waals surface area contributed by atoms with Crippen LogP contribution in [0.5, 0.6) is 5.75 Å². The lowest BCUT2D eigenvalue weighted by molar-refractivity contribution is -0.143. The van der Waals surface area contributed by atoms with E-state index < -0.39 is 15.8 Å². The van der Waals surface area contributed by atoms with Gasteiger partial charge >= 0.3 is 5.97 Å². The van der Waals surface area contributed by atoms with Crippen molar-refractivity contribution in [1.29, 1.82) is 0 Å². The lowest BCUT2D eigenvalue weighted by Gasteiger charge is -2.32. The second-order valence-electron chi connectivity index (χ2n) is 7.78. The summed E-state index contributed by atoms with van der Waals surface area (Å²) in [5, 5.41) is 0. The van der Waals surface area contributed by atoms with E-state index in [2.05, 4.69) is 0 Å². The molecular weight excluding hydrogens is 433 g/mol. The number of carbonyl (C=O) groups excluding carboxylic acids is 1. The fourth-order valence-electron chi connectivity index (χ4n) is 3.85. The molecule has 1 heterocycles. The van der Waals surface area contributed by atoms with Crippen LogP contribution in [0.3, 0.4) is 0 Å². The van der Waals surface area contributed by atoms with Crippen LogP contribution < -0.4 is 9.04 Å². The number of rotatable bonds is 10. The molecule has 0 saturated heterocycles. The Morgan fingerprint density at radius 1 is 1.19 bits per heavy atom. The van der Waals surface area contributed by atoms with E-state index in [1.54, 1.807) is 25.1 Å². The van der Waals surface area contributed by atoms with Crippen molar-refractivity contribution in [3.63, 3.8) is 0 Å². The minimum atomic E-state index is -3.43. The van der Waals surface area contributed by atoms with Crippen LogP contribution in [0.1, 0.15) is 49.8 Å². The summed E-state index contributed by atoms with van der Waals surface area (Å²) in [7, 11) is -3.43. The number of esters is 1. The average Bonchev–Trinajstić information content (AvgIpc) is 2.76. The lowest BCUT2D eigenvalue weighted by Crippen LogP contribution is -2.37. The number of anilines is 1. The standard InChI is InChI=1S/C24H30FNO5S/c1-3-15-32(28,29)26-14-6-8-20-7-5-9-22(24(20)26)31-17-18-10-11-19(21(25)16-18)12-13-23(27)30-4-2/h5,7,9-11,16H,3-4,6,8,12-15,17H2,1-2H3. The van der Waals surface area contributed by atoms with Gasteiger partial charge in [-0.15, -0.1) is 0 Å². The Morgan fingerprint density at radius 3 is 2.72 bits per heavy atom. The van der Waals surface area contributed by atoms with E-state index in [1.165, 1.54) is 10.4 Å². The number of hydrogen-bond acceptors (Lipinski definition) is 5. The second kappa shape index (κ2) is 10.8. The maximum absolute atomic E-state index is 14.5. The molecule has 1 aliphatic rings. The molecular formula is C24H30FNO5S. The number of para-hydroxylation sites is 1. The summed E-state index contributed by atoms with van der Waals surface area (Å²) >= 11 is 0. The molecule has 0 spiro atoms. The van der Waals surface area contributed by atoms with Crippen molar-refractivity contribution in [2.24, 2.45) is 0 Å². The molecule has 0 radical (unpaired) electrons. The van der Waals surface area contributed by atoms with Gasteiger partial charge in [-0.25, -0.2) is 12.8 Å². The quantitative estimate of drug-likeness (QED) is 0.489. The van der Waals surface area contributed by atoms with Gasteiger partial charge in [0.05, 0.1) is 18.0 Å². The number of hydrogen-bond donors (Lipinski definition) is 0. The first-order valence-electron chi connectivity index (χ1n) is 11.0. The van der Waals surface area contributed by atoms with Gasteiger partial charge in [-0.1, -0.05) is 31.2 Å². The second-order valence-corrected chi connectivity index (χ2v) is 9.79.